The third-order valence-electron chi connectivity index (χ3n) is 1.95. The van der Waals surface area contributed by atoms with Gasteiger partial charge in [-0.15, -0.1) is 0 Å². The quantitative estimate of drug-likeness (QED) is 0.659. The van der Waals surface area contributed by atoms with Crippen LogP contribution in [-0.4, -0.2) is 0 Å². The van der Waals surface area contributed by atoms with E-state index in [-0.39, 0.29) is 0 Å². The Hall–Kier alpha value is -0.910. The topological polar surface area (TPSA) is 26.0 Å². The minimum absolute atomic E-state index is 0.384. The van der Waals surface area contributed by atoms with Crippen LogP contribution in [0.1, 0.15) is 0 Å². The number of hydrogen-bond acceptors (Lipinski definition) is 1. The molecule has 1 nitrogen and oxygen atoms in total. The zero-order valence-corrected chi connectivity index (χ0v) is 7.62. The summed E-state index contributed by atoms with van der Waals surface area (Å²) in [6.45, 7) is 0. The lowest BCUT2D eigenvalue weighted by Gasteiger charge is -2.01. The maximum absolute atomic E-state index is 5.64. The molecule has 0 radical (unpaired) electrons. The Bertz CT molecular complexity index is 392. The van der Waals surface area contributed by atoms with Crippen LogP contribution in [0.3, 0.4) is 0 Å². The summed E-state index contributed by atoms with van der Waals surface area (Å²) in [4.78, 5) is 0. The molecular weight excluding hydrogens is 165 g/mol. The summed E-state index contributed by atoms with van der Waals surface area (Å²) < 4.78 is 0. The molecule has 2 heteroatoms. The largest absolute Gasteiger partial charge is 0.308 e. The van der Waals surface area contributed by atoms with Crippen LogP contribution < -0.4 is 10.8 Å². The second-order valence-electron chi connectivity index (χ2n) is 2.67. The van der Waals surface area contributed by atoms with Crippen molar-refractivity contribution in [3.63, 3.8) is 0 Å². The van der Waals surface area contributed by atoms with Crippen LogP contribution in [0.25, 0.3) is 10.8 Å². The fourth-order valence-electron chi connectivity index (χ4n) is 1.35. The second-order valence-corrected chi connectivity index (χ2v) is 3.50. The monoisotopic (exact) mass is 175 g/mol. The van der Waals surface area contributed by atoms with Gasteiger partial charge in [-0.2, -0.15) is 0 Å². The van der Waals surface area contributed by atoms with Gasteiger partial charge in [0, 0.05) is 0 Å². The fraction of sp³-hybridized carbons (Fsp3) is 0. The van der Waals surface area contributed by atoms with Gasteiger partial charge >= 0.3 is 0 Å². The van der Waals surface area contributed by atoms with E-state index in [1.807, 2.05) is 12.1 Å². The molecular formula is C10H10NP. The standard InChI is InChI=1S/C10H10NP/c11-12-10-7-3-5-8-4-1-2-6-9(8)10/h1-7,12H,11H2. The smallest absolute Gasteiger partial charge is 0.00486 e. The Balaban J connectivity index is 2.79. The molecule has 0 aliphatic carbocycles. The van der Waals surface area contributed by atoms with Crippen molar-refractivity contribution in [2.24, 2.45) is 5.50 Å². The molecule has 0 saturated heterocycles. The molecule has 2 aromatic carbocycles. The molecule has 0 aliphatic rings. The highest BCUT2D eigenvalue weighted by Crippen LogP contribution is 2.14. The van der Waals surface area contributed by atoms with E-state index in [0.717, 1.165) is 0 Å². The Morgan fingerprint density at radius 1 is 0.917 bits per heavy atom. The van der Waals surface area contributed by atoms with Gasteiger partial charge in [0.2, 0.25) is 0 Å². The van der Waals surface area contributed by atoms with E-state index in [0.29, 0.717) is 8.73 Å². The Labute approximate surface area is 73.4 Å². The van der Waals surface area contributed by atoms with Crippen LogP contribution in [0.2, 0.25) is 0 Å². The first-order valence-corrected chi connectivity index (χ1v) is 4.94. The van der Waals surface area contributed by atoms with Crippen LogP contribution in [0, 0.1) is 0 Å². The first kappa shape index (κ1) is 7.72. The van der Waals surface area contributed by atoms with Crippen LogP contribution in [0.15, 0.2) is 42.5 Å². The molecule has 12 heavy (non-hydrogen) atoms. The summed E-state index contributed by atoms with van der Waals surface area (Å²) in [5, 5.41) is 3.79. The van der Waals surface area contributed by atoms with Gasteiger partial charge in [0.15, 0.2) is 0 Å². The predicted octanol–water partition coefficient (Wildman–Crippen LogP) is 2.02. The second kappa shape index (κ2) is 3.22. The molecule has 1 unspecified atom stereocenters. The van der Waals surface area contributed by atoms with E-state index in [9.17, 15) is 0 Å². The van der Waals surface area contributed by atoms with E-state index >= 15 is 0 Å². The molecule has 0 heterocycles. The maximum Gasteiger partial charge on any atom is -0.00486 e. The zero-order chi connectivity index (χ0) is 8.39. The zero-order valence-electron chi connectivity index (χ0n) is 6.62. The number of hydrogen-bond donors (Lipinski definition) is 1. The Kier molecular flexibility index (Phi) is 2.07. The lowest BCUT2D eigenvalue weighted by Crippen LogP contribution is -1.98. The van der Waals surface area contributed by atoms with Crippen molar-refractivity contribution in [1.29, 1.82) is 0 Å². The minimum atomic E-state index is 0.384. The average Bonchev–Trinajstić information content (AvgIpc) is 2.17. The normalized spacial score (nSPS) is 11.4. The van der Waals surface area contributed by atoms with Crippen molar-refractivity contribution in [2.75, 3.05) is 0 Å². The van der Waals surface area contributed by atoms with Crippen molar-refractivity contribution in [2.45, 2.75) is 0 Å². The van der Waals surface area contributed by atoms with E-state index in [1.165, 1.54) is 16.1 Å². The lowest BCUT2D eigenvalue weighted by atomic mass is 10.1. The Morgan fingerprint density at radius 2 is 1.67 bits per heavy atom. The molecule has 2 rings (SSSR count). The summed E-state index contributed by atoms with van der Waals surface area (Å²) >= 11 is 0. The highest BCUT2D eigenvalue weighted by molar-refractivity contribution is 7.45. The summed E-state index contributed by atoms with van der Waals surface area (Å²) in [5.74, 6) is 0. The predicted molar refractivity (Wildman–Crippen MR) is 56.1 cm³/mol. The van der Waals surface area contributed by atoms with Crippen LogP contribution in [0.4, 0.5) is 0 Å². The van der Waals surface area contributed by atoms with Gasteiger partial charge in [0.05, 0.1) is 0 Å². The van der Waals surface area contributed by atoms with Crippen molar-refractivity contribution in [3.05, 3.63) is 42.5 Å². The molecule has 0 bridgehead atoms. The van der Waals surface area contributed by atoms with Crippen LogP contribution in [0.5, 0.6) is 0 Å². The highest BCUT2D eigenvalue weighted by atomic mass is 31.1. The summed E-state index contributed by atoms with van der Waals surface area (Å²) in [7, 11) is 0.384. The first-order chi connectivity index (χ1) is 5.92. The van der Waals surface area contributed by atoms with Crippen molar-refractivity contribution in [1.82, 2.24) is 0 Å². The molecule has 0 aromatic heterocycles. The lowest BCUT2D eigenvalue weighted by molar-refractivity contribution is 1.78. The number of nitrogens with two attached hydrogens (primary N) is 1. The van der Waals surface area contributed by atoms with Crippen molar-refractivity contribution >= 4 is 24.8 Å². The maximum atomic E-state index is 5.64. The SMILES string of the molecule is NPc1cccc2ccccc12. The Morgan fingerprint density at radius 3 is 2.50 bits per heavy atom. The molecule has 0 spiro atoms. The fourth-order valence-corrected chi connectivity index (χ4v) is 1.93. The molecule has 2 N–H and O–H groups in total. The number of benzene rings is 2. The number of fused-ring (bicyclic) bond motifs is 1. The van der Waals surface area contributed by atoms with Gasteiger partial charge in [-0.1, -0.05) is 42.5 Å². The molecule has 1 atom stereocenters. The molecule has 0 aliphatic heterocycles. The average molecular weight is 175 g/mol. The summed E-state index contributed by atoms with van der Waals surface area (Å²) in [5.41, 5.74) is 5.64. The van der Waals surface area contributed by atoms with E-state index in [2.05, 4.69) is 30.3 Å². The van der Waals surface area contributed by atoms with Gasteiger partial charge in [-0.05, 0) is 24.8 Å². The molecule has 2 aromatic rings. The molecule has 60 valence electrons. The van der Waals surface area contributed by atoms with Crippen molar-refractivity contribution in [3.8, 4) is 0 Å². The van der Waals surface area contributed by atoms with Gasteiger partial charge in [-0.3, -0.25) is 0 Å². The third kappa shape index (κ3) is 1.22. The molecule has 0 saturated carbocycles. The van der Waals surface area contributed by atoms with Gasteiger partial charge in [-0.25, -0.2) is 0 Å². The van der Waals surface area contributed by atoms with Crippen molar-refractivity contribution < 1.29 is 0 Å². The first-order valence-electron chi connectivity index (χ1n) is 3.86. The van der Waals surface area contributed by atoms with Gasteiger partial charge in [0.25, 0.3) is 0 Å². The van der Waals surface area contributed by atoms with Crippen LogP contribution >= 0.6 is 8.73 Å². The van der Waals surface area contributed by atoms with E-state index < -0.39 is 0 Å². The number of rotatable bonds is 1. The summed E-state index contributed by atoms with van der Waals surface area (Å²) in [6.07, 6.45) is 0. The summed E-state index contributed by atoms with van der Waals surface area (Å²) in [6, 6.07) is 14.6. The third-order valence-corrected chi connectivity index (χ3v) is 2.69. The minimum Gasteiger partial charge on any atom is -0.308 e. The molecule has 0 fully saturated rings. The van der Waals surface area contributed by atoms with Gasteiger partial charge in [0.1, 0.15) is 0 Å². The van der Waals surface area contributed by atoms with Gasteiger partial charge < -0.3 is 5.50 Å². The van der Waals surface area contributed by atoms with E-state index in [1.54, 1.807) is 0 Å². The molecule has 0 amide bonds. The van der Waals surface area contributed by atoms with Crippen LogP contribution in [-0.2, 0) is 0 Å². The highest BCUT2D eigenvalue weighted by Gasteiger charge is 1.95. The van der Waals surface area contributed by atoms with E-state index in [4.69, 9.17) is 5.50 Å².